The Labute approximate surface area is 137 Å². The van der Waals surface area contributed by atoms with Gasteiger partial charge in [-0.2, -0.15) is 5.10 Å². The Bertz CT molecular complexity index is 644. The highest BCUT2D eigenvalue weighted by atomic mass is 16.2. The van der Waals surface area contributed by atoms with Crippen molar-refractivity contribution >= 4 is 11.8 Å². The SMILES string of the molecule is Cc1cc(NC(=O)NC2CCCCC2)nn1Cc1ccccc1. The predicted octanol–water partition coefficient (Wildman–Crippen LogP) is 3.69. The molecular formula is C18H24N4O. The number of hydrogen-bond donors (Lipinski definition) is 2. The normalized spacial score (nSPS) is 15.3. The van der Waals surface area contributed by atoms with Gasteiger partial charge in [0.05, 0.1) is 6.54 Å². The number of benzene rings is 1. The molecule has 0 spiro atoms. The third-order valence-electron chi connectivity index (χ3n) is 4.34. The van der Waals surface area contributed by atoms with Crippen LogP contribution in [0.15, 0.2) is 36.4 Å². The Morgan fingerprint density at radius 3 is 2.70 bits per heavy atom. The second-order valence-electron chi connectivity index (χ2n) is 6.25. The van der Waals surface area contributed by atoms with Crippen molar-refractivity contribution in [3.05, 3.63) is 47.7 Å². The minimum atomic E-state index is -0.152. The van der Waals surface area contributed by atoms with Gasteiger partial charge in [0, 0.05) is 17.8 Å². The van der Waals surface area contributed by atoms with E-state index in [1.165, 1.54) is 24.8 Å². The molecule has 1 heterocycles. The van der Waals surface area contributed by atoms with Crippen LogP contribution in [0.1, 0.15) is 43.4 Å². The predicted molar refractivity (Wildman–Crippen MR) is 91.5 cm³/mol. The van der Waals surface area contributed by atoms with Gasteiger partial charge in [0.1, 0.15) is 0 Å². The standard InChI is InChI=1S/C18H24N4O/c1-14-12-17(20-18(23)19-16-10-6-3-7-11-16)21-22(14)13-15-8-4-2-5-9-15/h2,4-5,8-9,12,16H,3,6-7,10-11,13H2,1H3,(H2,19,20,21,23). The van der Waals surface area contributed by atoms with Crippen molar-refractivity contribution in [1.82, 2.24) is 15.1 Å². The average Bonchev–Trinajstić information content (AvgIpc) is 2.88. The summed E-state index contributed by atoms with van der Waals surface area (Å²) in [5.74, 6) is 0.603. The van der Waals surface area contributed by atoms with Crippen molar-refractivity contribution in [2.24, 2.45) is 0 Å². The Balaban J connectivity index is 1.58. The molecule has 0 bridgehead atoms. The first-order valence-electron chi connectivity index (χ1n) is 8.36. The third-order valence-corrected chi connectivity index (χ3v) is 4.34. The number of aromatic nitrogens is 2. The van der Waals surface area contributed by atoms with Gasteiger partial charge in [-0.1, -0.05) is 49.6 Å². The molecule has 0 saturated heterocycles. The lowest BCUT2D eigenvalue weighted by molar-refractivity contribution is 0.244. The minimum Gasteiger partial charge on any atom is -0.335 e. The number of nitrogens with zero attached hydrogens (tertiary/aromatic N) is 2. The smallest absolute Gasteiger partial charge is 0.320 e. The molecular weight excluding hydrogens is 288 g/mol. The minimum absolute atomic E-state index is 0.152. The molecule has 1 fully saturated rings. The summed E-state index contributed by atoms with van der Waals surface area (Å²) in [5, 5.41) is 10.4. The van der Waals surface area contributed by atoms with Crippen LogP contribution in [0.5, 0.6) is 0 Å². The number of amides is 2. The first-order chi connectivity index (χ1) is 11.2. The maximum Gasteiger partial charge on any atom is 0.320 e. The van der Waals surface area contributed by atoms with Crippen LogP contribution in [0, 0.1) is 6.92 Å². The molecule has 0 unspecified atom stereocenters. The number of nitrogens with one attached hydrogen (secondary N) is 2. The van der Waals surface area contributed by atoms with E-state index in [-0.39, 0.29) is 6.03 Å². The van der Waals surface area contributed by atoms with Crippen LogP contribution >= 0.6 is 0 Å². The Morgan fingerprint density at radius 1 is 1.22 bits per heavy atom. The van der Waals surface area contributed by atoms with Gasteiger partial charge in [-0.25, -0.2) is 4.79 Å². The van der Waals surface area contributed by atoms with E-state index in [2.05, 4.69) is 27.9 Å². The molecule has 1 aliphatic carbocycles. The van der Waals surface area contributed by atoms with Crippen LogP contribution in [0.25, 0.3) is 0 Å². The zero-order valence-electron chi connectivity index (χ0n) is 13.6. The summed E-state index contributed by atoms with van der Waals surface area (Å²) in [6, 6.07) is 12.2. The Morgan fingerprint density at radius 2 is 1.96 bits per heavy atom. The average molecular weight is 312 g/mol. The van der Waals surface area contributed by atoms with Gasteiger partial charge in [-0.05, 0) is 25.3 Å². The molecule has 0 aliphatic heterocycles. The van der Waals surface area contributed by atoms with E-state index in [4.69, 9.17) is 0 Å². The van der Waals surface area contributed by atoms with E-state index in [1.54, 1.807) is 0 Å². The molecule has 2 amide bonds. The van der Waals surface area contributed by atoms with E-state index >= 15 is 0 Å². The second kappa shape index (κ2) is 7.31. The van der Waals surface area contributed by atoms with E-state index in [9.17, 15) is 4.79 Å². The monoisotopic (exact) mass is 312 g/mol. The molecule has 1 saturated carbocycles. The lowest BCUT2D eigenvalue weighted by Crippen LogP contribution is -2.39. The van der Waals surface area contributed by atoms with Crippen molar-refractivity contribution in [3.63, 3.8) is 0 Å². The number of carbonyl (C=O) groups excluding carboxylic acids is 1. The van der Waals surface area contributed by atoms with Crippen molar-refractivity contribution in [2.75, 3.05) is 5.32 Å². The van der Waals surface area contributed by atoms with Gasteiger partial charge >= 0.3 is 6.03 Å². The highest BCUT2D eigenvalue weighted by Crippen LogP contribution is 2.17. The lowest BCUT2D eigenvalue weighted by atomic mass is 9.96. The first kappa shape index (κ1) is 15.6. The molecule has 23 heavy (non-hydrogen) atoms. The number of carbonyl (C=O) groups is 1. The van der Waals surface area contributed by atoms with Gasteiger partial charge in [0.25, 0.3) is 0 Å². The summed E-state index contributed by atoms with van der Waals surface area (Å²) in [7, 11) is 0. The molecule has 2 N–H and O–H groups in total. The van der Waals surface area contributed by atoms with Gasteiger partial charge in [0.2, 0.25) is 0 Å². The Kier molecular flexibility index (Phi) is 4.95. The molecule has 0 radical (unpaired) electrons. The summed E-state index contributed by atoms with van der Waals surface area (Å²) in [6.07, 6.45) is 5.85. The topological polar surface area (TPSA) is 59.0 Å². The largest absolute Gasteiger partial charge is 0.335 e. The van der Waals surface area contributed by atoms with Gasteiger partial charge in [-0.3, -0.25) is 10.00 Å². The third kappa shape index (κ3) is 4.34. The van der Waals surface area contributed by atoms with Crippen LogP contribution in [0.3, 0.4) is 0 Å². The van der Waals surface area contributed by atoms with E-state index in [1.807, 2.05) is 35.9 Å². The molecule has 5 heteroatoms. The summed E-state index contributed by atoms with van der Waals surface area (Å²) < 4.78 is 1.91. The molecule has 1 aliphatic rings. The van der Waals surface area contributed by atoms with Crippen LogP contribution < -0.4 is 10.6 Å². The summed E-state index contributed by atoms with van der Waals surface area (Å²) in [6.45, 7) is 2.71. The van der Waals surface area contributed by atoms with Crippen molar-refractivity contribution in [1.29, 1.82) is 0 Å². The maximum absolute atomic E-state index is 12.1. The number of rotatable bonds is 4. The van der Waals surface area contributed by atoms with Crippen LogP contribution in [-0.2, 0) is 6.54 Å². The molecule has 3 rings (SSSR count). The Hall–Kier alpha value is -2.30. The fourth-order valence-corrected chi connectivity index (χ4v) is 3.07. The zero-order chi connectivity index (χ0) is 16.1. The summed E-state index contributed by atoms with van der Waals surface area (Å²) >= 11 is 0. The fourth-order valence-electron chi connectivity index (χ4n) is 3.07. The van der Waals surface area contributed by atoms with Crippen molar-refractivity contribution in [3.8, 4) is 0 Å². The first-order valence-corrected chi connectivity index (χ1v) is 8.36. The number of aryl methyl sites for hydroxylation is 1. The van der Waals surface area contributed by atoms with Crippen LogP contribution in [0.4, 0.5) is 10.6 Å². The number of hydrogen-bond acceptors (Lipinski definition) is 2. The highest BCUT2D eigenvalue weighted by molar-refractivity contribution is 5.88. The van der Waals surface area contributed by atoms with Crippen molar-refractivity contribution in [2.45, 2.75) is 51.6 Å². The fraction of sp³-hybridized carbons (Fsp3) is 0.444. The number of urea groups is 1. The molecule has 2 aromatic rings. The molecule has 5 nitrogen and oxygen atoms in total. The van der Waals surface area contributed by atoms with Gasteiger partial charge in [-0.15, -0.1) is 0 Å². The van der Waals surface area contributed by atoms with Gasteiger partial charge in [0.15, 0.2) is 5.82 Å². The van der Waals surface area contributed by atoms with Gasteiger partial charge < -0.3 is 5.32 Å². The van der Waals surface area contributed by atoms with Crippen LogP contribution in [0.2, 0.25) is 0 Å². The lowest BCUT2D eigenvalue weighted by Gasteiger charge is -2.22. The highest BCUT2D eigenvalue weighted by Gasteiger charge is 2.16. The summed E-state index contributed by atoms with van der Waals surface area (Å²) in [5.41, 5.74) is 2.22. The zero-order valence-corrected chi connectivity index (χ0v) is 13.6. The quantitative estimate of drug-likeness (QED) is 0.904. The van der Waals surface area contributed by atoms with E-state index in [0.29, 0.717) is 18.4 Å². The molecule has 0 atom stereocenters. The van der Waals surface area contributed by atoms with Crippen molar-refractivity contribution < 1.29 is 4.79 Å². The van der Waals surface area contributed by atoms with E-state index < -0.39 is 0 Å². The molecule has 1 aromatic heterocycles. The number of anilines is 1. The second-order valence-corrected chi connectivity index (χ2v) is 6.25. The van der Waals surface area contributed by atoms with Crippen LogP contribution in [-0.4, -0.2) is 21.9 Å². The molecule has 1 aromatic carbocycles. The van der Waals surface area contributed by atoms with E-state index in [0.717, 1.165) is 18.5 Å². The maximum atomic E-state index is 12.1. The summed E-state index contributed by atoms with van der Waals surface area (Å²) in [4.78, 5) is 12.1. The molecule has 122 valence electrons.